The van der Waals surface area contributed by atoms with Crippen LogP contribution in [0.25, 0.3) is 0 Å². The summed E-state index contributed by atoms with van der Waals surface area (Å²) in [5.41, 5.74) is 1.16. The molecule has 0 radical (unpaired) electrons. The molecule has 4 nitrogen and oxygen atoms in total. The smallest absolute Gasteiger partial charge is 0.119 e. The molecular weight excluding hydrogens is 242 g/mol. The van der Waals surface area contributed by atoms with Gasteiger partial charge in [0.2, 0.25) is 0 Å². The summed E-state index contributed by atoms with van der Waals surface area (Å²) in [7, 11) is 1.91. The van der Waals surface area contributed by atoms with E-state index >= 15 is 0 Å². The molecule has 1 aromatic carbocycles. The van der Waals surface area contributed by atoms with Crippen LogP contribution in [0.4, 0.5) is 0 Å². The number of hydrogen-bond donors (Lipinski definition) is 2. The van der Waals surface area contributed by atoms with E-state index in [4.69, 9.17) is 9.47 Å². The molecule has 1 aromatic rings. The molecule has 1 atom stereocenters. The molecule has 0 fully saturated rings. The van der Waals surface area contributed by atoms with E-state index in [9.17, 15) is 5.11 Å². The lowest BCUT2D eigenvalue weighted by molar-refractivity contribution is 0.0113. The molecule has 0 bridgehead atoms. The number of nitrogens with one attached hydrogen (secondary N) is 1. The van der Waals surface area contributed by atoms with Gasteiger partial charge < -0.3 is 19.9 Å². The quantitative estimate of drug-likeness (QED) is 0.636. The minimum atomic E-state index is -0.579. The van der Waals surface area contributed by atoms with E-state index in [2.05, 4.69) is 12.2 Å². The minimum Gasteiger partial charge on any atom is -0.491 e. The minimum absolute atomic E-state index is 0.259. The van der Waals surface area contributed by atoms with Gasteiger partial charge in [-0.2, -0.15) is 0 Å². The summed E-state index contributed by atoms with van der Waals surface area (Å²) in [4.78, 5) is 0. The first-order chi connectivity index (χ1) is 9.26. The fourth-order valence-electron chi connectivity index (χ4n) is 1.66. The summed E-state index contributed by atoms with van der Waals surface area (Å²) in [6, 6.07) is 7.85. The molecule has 1 rings (SSSR count). The van der Waals surface area contributed by atoms with Gasteiger partial charge in [0, 0.05) is 13.2 Å². The summed E-state index contributed by atoms with van der Waals surface area (Å²) in [5, 5.41) is 12.8. The van der Waals surface area contributed by atoms with Gasteiger partial charge in [-0.3, -0.25) is 0 Å². The number of hydrogen-bond acceptors (Lipinski definition) is 4. The highest BCUT2D eigenvalue weighted by Crippen LogP contribution is 2.13. The van der Waals surface area contributed by atoms with Gasteiger partial charge in [0.1, 0.15) is 18.5 Å². The summed E-state index contributed by atoms with van der Waals surface area (Å²) < 4.78 is 10.9. The molecule has 0 saturated heterocycles. The third-order valence-corrected chi connectivity index (χ3v) is 2.67. The van der Waals surface area contributed by atoms with Crippen molar-refractivity contribution in [1.82, 2.24) is 5.32 Å². The lowest BCUT2D eigenvalue weighted by atomic mass is 10.2. The molecule has 108 valence electrons. The van der Waals surface area contributed by atoms with Crippen molar-refractivity contribution >= 4 is 0 Å². The molecule has 0 heterocycles. The molecule has 0 aliphatic heterocycles. The number of benzene rings is 1. The first-order valence-electron chi connectivity index (χ1n) is 6.88. The molecule has 1 unspecified atom stereocenters. The monoisotopic (exact) mass is 267 g/mol. The molecular formula is C15H25NO3. The second kappa shape index (κ2) is 9.78. The van der Waals surface area contributed by atoms with Crippen molar-refractivity contribution in [1.29, 1.82) is 0 Å². The zero-order chi connectivity index (χ0) is 13.9. The van der Waals surface area contributed by atoms with Crippen LogP contribution in [0.3, 0.4) is 0 Å². The van der Waals surface area contributed by atoms with E-state index in [0.29, 0.717) is 13.2 Å². The fraction of sp³-hybridized carbons (Fsp3) is 0.600. The third kappa shape index (κ3) is 7.15. The van der Waals surface area contributed by atoms with Gasteiger partial charge in [0.15, 0.2) is 0 Å². The predicted octanol–water partition coefficient (Wildman–Crippen LogP) is 1.96. The lowest BCUT2D eigenvalue weighted by Gasteiger charge is -2.13. The third-order valence-electron chi connectivity index (χ3n) is 2.67. The molecule has 0 spiro atoms. The van der Waals surface area contributed by atoms with E-state index in [1.165, 1.54) is 0 Å². The van der Waals surface area contributed by atoms with Gasteiger partial charge in [-0.05, 0) is 31.2 Å². The van der Waals surface area contributed by atoms with Crippen molar-refractivity contribution in [2.75, 3.05) is 26.9 Å². The number of ether oxygens (including phenoxy) is 2. The van der Waals surface area contributed by atoms with E-state index in [-0.39, 0.29) is 6.61 Å². The van der Waals surface area contributed by atoms with Crippen molar-refractivity contribution in [3.05, 3.63) is 29.8 Å². The van der Waals surface area contributed by atoms with Crippen LogP contribution in [-0.4, -0.2) is 38.1 Å². The van der Waals surface area contributed by atoms with E-state index in [1.54, 1.807) is 0 Å². The largest absolute Gasteiger partial charge is 0.491 e. The maximum absolute atomic E-state index is 9.72. The van der Waals surface area contributed by atoms with Gasteiger partial charge in [-0.1, -0.05) is 25.5 Å². The summed E-state index contributed by atoms with van der Waals surface area (Å²) in [6.45, 7) is 4.21. The van der Waals surface area contributed by atoms with Crippen molar-refractivity contribution in [2.24, 2.45) is 0 Å². The van der Waals surface area contributed by atoms with Gasteiger partial charge in [-0.25, -0.2) is 0 Å². The molecule has 0 aliphatic carbocycles. The molecule has 4 heteroatoms. The molecule has 2 N–H and O–H groups in total. The average Bonchev–Trinajstić information content (AvgIpc) is 2.42. The number of rotatable bonds is 10. The first kappa shape index (κ1) is 16.0. The molecule has 0 saturated carbocycles. The summed E-state index contributed by atoms with van der Waals surface area (Å²) in [6.07, 6.45) is 1.55. The van der Waals surface area contributed by atoms with Crippen molar-refractivity contribution < 1.29 is 14.6 Å². The van der Waals surface area contributed by atoms with Gasteiger partial charge in [0.25, 0.3) is 0 Å². The molecule has 0 aromatic heterocycles. The van der Waals surface area contributed by atoms with Crippen LogP contribution in [0.2, 0.25) is 0 Å². The van der Waals surface area contributed by atoms with E-state index < -0.39 is 6.10 Å². The van der Waals surface area contributed by atoms with Gasteiger partial charge in [0.05, 0.1) is 6.61 Å². The summed E-state index contributed by atoms with van der Waals surface area (Å²) in [5.74, 6) is 0.778. The van der Waals surface area contributed by atoms with Crippen LogP contribution in [0.1, 0.15) is 25.3 Å². The van der Waals surface area contributed by atoms with Gasteiger partial charge >= 0.3 is 0 Å². The van der Waals surface area contributed by atoms with Crippen molar-refractivity contribution in [3.8, 4) is 5.75 Å². The lowest BCUT2D eigenvalue weighted by Crippen LogP contribution is -2.23. The Morgan fingerprint density at radius 1 is 1.32 bits per heavy atom. The second-order valence-electron chi connectivity index (χ2n) is 4.57. The van der Waals surface area contributed by atoms with Crippen molar-refractivity contribution in [3.63, 3.8) is 0 Å². The predicted molar refractivity (Wildman–Crippen MR) is 76.4 cm³/mol. The number of unbranched alkanes of at least 4 members (excludes halogenated alkanes) is 1. The number of aliphatic hydroxyl groups excluding tert-OH is 1. The fourth-order valence-corrected chi connectivity index (χ4v) is 1.66. The SMILES string of the molecule is CCCCOCC(O)COc1cccc(CNC)c1. The normalized spacial score (nSPS) is 12.4. The Hall–Kier alpha value is -1.10. The Morgan fingerprint density at radius 3 is 2.89 bits per heavy atom. The van der Waals surface area contributed by atoms with Crippen LogP contribution in [-0.2, 0) is 11.3 Å². The molecule has 0 amide bonds. The highest BCUT2D eigenvalue weighted by atomic mass is 16.5. The Labute approximate surface area is 115 Å². The Balaban J connectivity index is 2.25. The van der Waals surface area contributed by atoms with Gasteiger partial charge in [-0.15, -0.1) is 0 Å². The average molecular weight is 267 g/mol. The molecule has 0 aliphatic rings. The standard InChI is InChI=1S/C15H25NO3/c1-3-4-8-18-11-14(17)12-19-15-7-5-6-13(9-15)10-16-2/h5-7,9,14,16-17H,3-4,8,10-12H2,1-2H3. The Kier molecular flexibility index (Phi) is 8.21. The summed E-state index contributed by atoms with van der Waals surface area (Å²) >= 11 is 0. The number of aliphatic hydroxyl groups is 1. The Bertz CT molecular complexity index is 344. The van der Waals surface area contributed by atoms with E-state index in [1.807, 2.05) is 31.3 Å². The van der Waals surface area contributed by atoms with Crippen LogP contribution in [0.5, 0.6) is 5.75 Å². The van der Waals surface area contributed by atoms with Crippen LogP contribution in [0, 0.1) is 0 Å². The van der Waals surface area contributed by atoms with Crippen LogP contribution < -0.4 is 10.1 Å². The van der Waals surface area contributed by atoms with Crippen LogP contribution >= 0.6 is 0 Å². The highest BCUT2D eigenvalue weighted by Gasteiger charge is 2.05. The van der Waals surface area contributed by atoms with E-state index in [0.717, 1.165) is 30.7 Å². The highest BCUT2D eigenvalue weighted by molar-refractivity contribution is 5.28. The van der Waals surface area contributed by atoms with Crippen LogP contribution in [0.15, 0.2) is 24.3 Å². The van der Waals surface area contributed by atoms with Crippen molar-refractivity contribution in [2.45, 2.75) is 32.4 Å². The topological polar surface area (TPSA) is 50.7 Å². The second-order valence-corrected chi connectivity index (χ2v) is 4.57. The maximum Gasteiger partial charge on any atom is 0.119 e. The first-order valence-corrected chi connectivity index (χ1v) is 6.88. The zero-order valence-electron chi connectivity index (χ0n) is 11.9. The Morgan fingerprint density at radius 2 is 2.16 bits per heavy atom. The molecule has 19 heavy (non-hydrogen) atoms. The zero-order valence-corrected chi connectivity index (χ0v) is 11.9. The maximum atomic E-state index is 9.72.